The molecule has 0 N–H and O–H groups in total. The van der Waals surface area contributed by atoms with Gasteiger partial charge in [-0.3, -0.25) is 4.79 Å². The van der Waals surface area contributed by atoms with E-state index in [-0.39, 0.29) is 5.78 Å². The summed E-state index contributed by atoms with van der Waals surface area (Å²) in [6.07, 6.45) is 1.85. The Labute approximate surface area is 93.1 Å². The number of hydrogen-bond donors (Lipinski definition) is 0. The van der Waals surface area contributed by atoms with Crippen molar-refractivity contribution in [3.8, 4) is 0 Å². The molecule has 0 saturated carbocycles. The molecule has 0 atom stereocenters. The summed E-state index contributed by atoms with van der Waals surface area (Å²) in [5.41, 5.74) is 1.33. The van der Waals surface area contributed by atoms with Gasteiger partial charge >= 0.3 is 0 Å². The topological polar surface area (TPSA) is 22.0 Å². The first-order valence-corrected chi connectivity index (χ1v) is 4.98. The molecule has 2 aromatic rings. The normalized spacial score (nSPS) is 10.3. The maximum atomic E-state index is 12.0. The molecule has 76 valence electrons. The van der Waals surface area contributed by atoms with Crippen LogP contribution in [0.15, 0.2) is 42.6 Å². The third-order valence-electron chi connectivity index (χ3n) is 2.28. The maximum Gasteiger partial charge on any atom is 0.209 e. The fourth-order valence-corrected chi connectivity index (χ4v) is 1.57. The third-order valence-corrected chi connectivity index (χ3v) is 2.53. The van der Waals surface area contributed by atoms with Gasteiger partial charge in [0.2, 0.25) is 5.78 Å². The van der Waals surface area contributed by atoms with E-state index in [1.807, 2.05) is 19.3 Å². The van der Waals surface area contributed by atoms with E-state index >= 15 is 0 Å². The quantitative estimate of drug-likeness (QED) is 0.712. The molecule has 0 spiro atoms. The van der Waals surface area contributed by atoms with Crippen LogP contribution in [0.2, 0.25) is 5.02 Å². The minimum atomic E-state index is 0.0131. The summed E-state index contributed by atoms with van der Waals surface area (Å²) in [5, 5.41) is 0.637. The van der Waals surface area contributed by atoms with E-state index in [1.54, 1.807) is 34.9 Å². The van der Waals surface area contributed by atoms with E-state index in [0.717, 1.165) is 0 Å². The maximum absolute atomic E-state index is 12.0. The zero-order valence-corrected chi connectivity index (χ0v) is 9.03. The Kier molecular flexibility index (Phi) is 2.60. The molecule has 0 unspecified atom stereocenters. The van der Waals surface area contributed by atoms with Crippen LogP contribution in [0.25, 0.3) is 0 Å². The summed E-state index contributed by atoms with van der Waals surface area (Å²) in [5.74, 6) is 0.0131. The van der Waals surface area contributed by atoms with Gasteiger partial charge in [-0.15, -0.1) is 0 Å². The van der Waals surface area contributed by atoms with Gasteiger partial charge in [-0.2, -0.15) is 0 Å². The lowest BCUT2D eigenvalue weighted by Gasteiger charge is -2.02. The van der Waals surface area contributed by atoms with Gasteiger partial charge in [-0.05, 0) is 36.4 Å². The fourth-order valence-electron chi connectivity index (χ4n) is 1.45. The number of ketones is 1. The standard InChI is InChI=1S/C12H10ClNO/c1-14-8-2-3-11(14)12(15)9-4-6-10(13)7-5-9/h2-8H,1H3. The first-order chi connectivity index (χ1) is 7.18. The summed E-state index contributed by atoms with van der Waals surface area (Å²) < 4.78 is 1.80. The first kappa shape index (κ1) is 9.99. The van der Waals surface area contributed by atoms with Gasteiger partial charge < -0.3 is 4.57 Å². The van der Waals surface area contributed by atoms with Gasteiger partial charge in [0.1, 0.15) is 0 Å². The highest BCUT2D eigenvalue weighted by Gasteiger charge is 2.10. The second-order valence-electron chi connectivity index (χ2n) is 3.34. The van der Waals surface area contributed by atoms with Gasteiger partial charge in [0.15, 0.2) is 0 Å². The number of aromatic nitrogens is 1. The number of halogens is 1. The van der Waals surface area contributed by atoms with Crippen molar-refractivity contribution in [3.05, 3.63) is 58.9 Å². The number of nitrogens with zero attached hydrogens (tertiary/aromatic N) is 1. The van der Waals surface area contributed by atoms with Crippen LogP contribution in [0.1, 0.15) is 16.1 Å². The van der Waals surface area contributed by atoms with Gasteiger partial charge in [-0.1, -0.05) is 11.6 Å². The predicted molar refractivity (Wildman–Crippen MR) is 60.3 cm³/mol. The number of benzene rings is 1. The third kappa shape index (κ3) is 1.95. The fraction of sp³-hybridized carbons (Fsp3) is 0.0833. The van der Waals surface area contributed by atoms with Gasteiger partial charge in [-0.25, -0.2) is 0 Å². The average molecular weight is 220 g/mol. The van der Waals surface area contributed by atoms with Gasteiger partial charge in [0.25, 0.3) is 0 Å². The first-order valence-electron chi connectivity index (χ1n) is 4.60. The summed E-state index contributed by atoms with van der Waals surface area (Å²) in [7, 11) is 1.85. The molecule has 0 radical (unpaired) electrons. The Bertz CT molecular complexity index is 485. The highest BCUT2D eigenvalue weighted by atomic mass is 35.5. The Hall–Kier alpha value is -1.54. The van der Waals surface area contributed by atoms with Crippen molar-refractivity contribution in [3.63, 3.8) is 0 Å². The van der Waals surface area contributed by atoms with Crippen molar-refractivity contribution in [2.75, 3.05) is 0 Å². The molecule has 0 saturated heterocycles. The number of rotatable bonds is 2. The van der Waals surface area contributed by atoms with Crippen molar-refractivity contribution in [1.29, 1.82) is 0 Å². The molecule has 1 heterocycles. The monoisotopic (exact) mass is 219 g/mol. The minimum Gasteiger partial charge on any atom is -0.348 e. The average Bonchev–Trinajstić information content (AvgIpc) is 2.65. The lowest BCUT2D eigenvalue weighted by atomic mass is 10.1. The zero-order chi connectivity index (χ0) is 10.8. The molecule has 2 rings (SSSR count). The molecular formula is C12H10ClNO. The predicted octanol–water partition coefficient (Wildman–Crippen LogP) is 2.91. The van der Waals surface area contributed by atoms with Crippen LogP contribution in [0.4, 0.5) is 0 Å². The van der Waals surface area contributed by atoms with E-state index in [2.05, 4.69) is 0 Å². The van der Waals surface area contributed by atoms with Gasteiger partial charge in [0, 0.05) is 23.8 Å². The zero-order valence-electron chi connectivity index (χ0n) is 8.27. The molecule has 0 aliphatic rings. The molecule has 0 aliphatic heterocycles. The van der Waals surface area contributed by atoms with E-state index in [9.17, 15) is 4.79 Å². The highest BCUT2D eigenvalue weighted by Crippen LogP contribution is 2.13. The molecule has 15 heavy (non-hydrogen) atoms. The van der Waals surface area contributed by atoms with Crippen LogP contribution in [-0.4, -0.2) is 10.4 Å². The van der Waals surface area contributed by atoms with Crippen LogP contribution >= 0.6 is 11.6 Å². The molecule has 1 aromatic heterocycles. The van der Waals surface area contributed by atoms with Crippen molar-refractivity contribution in [2.24, 2.45) is 7.05 Å². The van der Waals surface area contributed by atoms with E-state index < -0.39 is 0 Å². The highest BCUT2D eigenvalue weighted by molar-refractivity contribution is 6.30. The van der Waals surface area contributed by atoms with Crippen LogP contribution in [0, 0.1) is 0 Å². The minimum absolute atomic E-state index is 0.0131. The summed E-state index contributed by atoms with van der Waals surface area (Å²) >= 11 is 5.76. The molecule has 0 bridgehead atoms. The molecule has 2 nitrogen and oxygen atoms in total. The van der Waals surface area contributed by atoms with E-state index in [1.165, 1.54) is 0 Å². The largest absolute Gasteiger partial charge is 0.348 e. The molecule has 3 heteroatoms. The van der Waals surface area contributed by atoms with E-state index in [0.29, 0.717) is 16.3 Å². The second-order valence-corrected chi connectivity index (χ2v) is 3.78. The molecule has 0 aliphatic carbocycles. The molecular weight excluding hydrogens is 210 g/mol. The smallest absolute Gasteiger partial charge is 0.209 e. The molecule has 1 aromatic carbocycles. The number of carbonyl (C=O) groups is 1. The Morgan fingerprint density at radius 1 is 1.20 bits per heavy atom. The SMILES string of the molecule is Cn1cccc1C(=O)c1ccc(Cl)cc1. The number of hydrogen-bond acceptors (Lipinski definition) is 1. The Morgan fingerprint density at radius 2 is 1.87 bits per heavy atom. The van der Waals surface area contributed by atoms with Crippen molar-refractivity contribution < 1.29 is 4.79 Å². The summed E-state index contributed by atoms with van der Waals surface area (Å²) in [6, 6.07) is 10.6. The summed E-state index contributed by atoms with van der Waals surface area (Å²) in [6.45, 7) is 0. The van der Waals surface area contributed by atoms with Crippen molar-refractivity contribution in [2.45, 2.75) is 0 Å². The van der Waals surface area contributed by atoms with Gasteiger partial charge in [0.05, 0.1) is 5.69 Å². The van der Waals surface area contributed by atoms with E-state index in [4.69, 9.17) is 11.6 Å². The van der Waals surface area contributed by atoms with Crippen molar-refractivity contribution >= 4 is 17.4 Å². The second kappa shape index (κ2) is 3.91. The van der Waals surface area contributed by atoms with Crippen LogP contribution in [0.3, 0.4) is 0 Å². The molecule has 0 amide bonds. The van der Waals surface area contributed by atoms with Crippen LogP contribution in [0.5, 0.6) is 0 Å². The van der Waals surface area contributed by atoms with Crippen LogP contribution < -0.4 is 0 Å². The Morgan fingerprint density at radius 3 is 2.40 bits per heavy atom. The lowest BCUT2D eigenvalue weighted by molar-refractivity contribution is 0.103. The van der Waals surface area contributed by atoms with Crippen LogP contribution in [-0.2, 0) is 7.05 Å². The Balaban J connectivity index is 2.37. The van der Waals surface area contributed by atoms with Crippen molar-refractivity contribution in [1.82, 2.24) is 4.57 Å². The summed E-state index contributed by atoms with van der Waals surface area (Å²) in [4.78, 5) is 12.0. The number of aryl methyl sites for hydroxylation is 1. The number of carbonyl (C=O) groups excluding carboxylic acids is 1. The lowest BCUT2D eigenvalue weighted by Crippen LogP contribution is -2.06. The molecule has 0 fully saturated rings.